The van der Waals surface area contributed by atoms with Gasteiger partial charge in [0.2, 0.25) is 0 Å². The number of hydrogen-bond acceptors (Lipinski definition) is 3. The second-order valence-corrected chi connectivity index (χ2v) is 4.97. The normalized spacial score (nSPS) is 10.7. The molecule has 0 saturated carbocycles. The van der Waals surface area contributed by atoms with E-state index in [0.717, 1.165) is 18.1 Å². The van der Waals surface area contributed by atoms with Gasteiger partial charge in [0.15, 0.2) is 0 Å². The van der Waals surface area contributed by atoms with Crippen LogP contribution in [-0.2, 0) is 19.3 Å². The van der Waals surface area contributed by atoms with E-state index in [-0.39, 0.29) is 0 Å². The molecule has 90 valence electrons. The van der Waals surface area contributed by atoms with Crippen molar-refractivity contribution >= 4 is 11.8 Å². The number of thioether (sulfide) groups is 1. The van der Waals surface area contributed by atoms with Crippen LogP contribution in [0.1, 0.15) is 11.4 Å². The van der Waals surface area contributed by atoms with Crippen LogP contribution >= 0.6 is 11.8 Å². The van der Waals surface area contributed by atoms with Gasteiger partial charge in [0, 0.05) is 30.9 Å². The van der Waals surface area contributed by atoms with Crippen LogP contribution in [0.2, 0.25) is 0 Å². The SMILES string of the molecule is CNCc1cccc(SCc2nccn2C)c1. The maximum Gasteiger partial charge on any atom is 0.118 e. The van der Waals surface area contributed by atoms with Gasteiger partial charge in [-0.25, -0.2) is 4.98 Å². The van der Waals surface area contributed by atoms with Crippen molar-refractivity contribution in [3.63, 3.8) is 0 Å². The molecule has 0 fully saturated rings. The topological polar surface area (TPSA) is 29.9 Å². The number of aromatic nitrogens is 2. The minimum atomic E-state index is 0.909. The average molecular weight is 247 g/mol. The summed E-state index contributed by atoms with van der Waals surface area (Å²) in [6.45, 7) is 0.913. The first kappa shape index (κ1) is 12.2. The van der Waals surface area contributed by atoms with Gasteiger partial charge in [0.1, 0.15) is 5.82 Å². The Hall–Kier alpha value is -1.26. The summed E-state index contributed by atoms with van der Waals surface area (Å²) in [7, 11) is 3.99. The lowest BCUT2D eigenvalue weighted by atomic mass is 10.2. The van der Waals surface area contributed by atoms with Gasteiger partial charge in [0.25, 0.3) is 0 Å². The molecular weight excluding hydrogens is 230 g/mol. The zero-order valence-corrected chi connectivity index (χ0v) is 11.0. The van der Waals surface area contributed by atoms with Crippen LogP contribution in [0.5, 0.6) is 0 Å². The quantitative estimate of drug-likeness (QED) is 0.823. The largest absolute Gasteiger partial charge is 0.337 e. The summed E-state index contributed by atoms with van der Waals surface area (Å²) < 4.78 is 2.06. The molecule has 0 radical (unpaired) electrons. The maximum absolute atomic E-state index is 4.32. The Kier molecular flexibility index (Phi) is 4.23. The smallest absolute Gasteiger partial charge is 0.118 e. The molecule has 0 saturated heterocycles. The van der Waals surface area contributed by atoms with E-state index in [1.54, 1.807) is 0 Å². The van der Waals surface area contributed by atoms with Crippen molar-refractivity contribution in [2.75, 3.05) is 7.05 Å². The Balaban J connectivity index is 1.99. The van der Waals surface area contributed by atoms with Crippen molar-refractivity contribution in [3.8, 4) is 0 Å². The molecular formula is C13H17N3S. The lowest BCUT2D eigenvalue weighted by molar-refractivity contribution is 0.815. The molecule has 4 heteroatoms. The Morgan fingerprint density at radius 3 is 3.00 bits per heavy atom. The molecule has 0 aliphatic rings. The predicted molar refractivity (Wildman–Crippen MR) is 72.0 cm³/mol. The molecule has 1 N–H and O–H groups in total. The highest BCUT2D eigenvalue weighted by Crippen LogP contribution is 2.22. The van der Waals surface area contributed by atoms with Crippen molar-refractivity contribution in [2.24, 2.45) is 7.05 Å². The van der Waals surface area contributed by atoms with Crippen LogP contribution < -0.4 is 5.32 Å². The summed E-state index contributed by atoms with van der Waals surface area (Å²) in [4.78, 5) is 5.61. The van der Waals surface area contributed by atoms with E-state index in [2.05, 4.69) is 39.1 Å². The summed E-state index contributed by atoms with van der Waals surface area (Å²) in [5.41, 5.74) is 1.32. The summed E-state index contributed by atoms with van der Waals surface area (Å²) in [6, 6.07) is 8.62. The van der Waals surface area contributed by atoms with Crippen molar-refractivity contribution < 1.29 is 0 Å². The van der Waals surface area contributed by atoms with Crippen LogP contribution in [0.4, 0.5) is 0 Å². The second kappa shape index (κ2) is 5.89. The molecule has 0 spiro atoms. The van der Waals surface area contributed by atoms with Gasteiger partial charge in [-0.1, -0.05) is 12.1 Å². The van der Waals surface area contributed by atoms with E-state index in [9.17, 15) is 0 Å². The molecule has 0 amide bonds. The Morgan fingerprint density at radius 2 is 2.29 bits per heavy atom. The zero-order chi connectivity index (χ0) is 12.1. The molecule has 1 aromatic heterocycles. The van der Waals surface area contributed by atoms with E-state index < -0.39 is 0 Å². The van der Waals surface area contributed by atoms with Gasteiger partial charge in [-0.2, -0.15) is 0 Å². The molecule has 17 heavy (non-hydrogen) atoms. The van der Waals surface area contributed by atoms with Gasteiger partial charge in [0.05, 0.1) is 5.75 Å². The van der Waals surface area contributed by atoms with Gasteiger partial charge in [-0.3, -0.25) is 0 Å². The lowest BCUT2D eigenvalue weighted by Gasteiger charge is -2.05. The third kappa shape index (κ3) is 3.35. The van der Waals surface area contributed by atoms with Crippen molar-refractivity contribution in [2.45, 2.75) is 17.2 Å². The molecule has 0 unspecified atom stereocenters. The molecule has 1 aromatic carbocycles. The zero-order valence-electron chi connectivity index (χ0n) is 10.2. The molecule has 0 bridgehead atoms. The summed E-state index contributed by atoms with van der Waals surface area (Å²) in [5.74, 6) is 2.01. The van der Waals surface area contributed by atoms with E-state index in [1.165, 1.54) is 10.5 Å². The van der Waals surface area contributed by atoms with Crippen molar-refractivity contribution in [3.05, 3.63) is 48.0 Å². The fourth-order valence-corrected chi connectivity index (χ4v) is 2.62. The molecule has 2 rings (SSSR count). The number of rotatable bonds is 5. The lowest BCUT2D eigenvalue weighted by Crippen LogP contribution is -2.04. The molecule has 1 heterocycles. The highest BCUT2D eigenvalue weighted by Gasteiger charge is 2.01. The van der Waals surface area contributed by atoms with Crippen LogP contribution in [0.15, 0.2) is 41.6 Å². The second-order valence-electron chi connectivity index (χ2n) is 3.92. The van der Waals surface area contributed by atoms with Gasteiger partial charge >= 0.3 is 0 Å². The summed E-state index contributed by atoms with van der Waals surface area (Å²) in [5, 5.41) is 3.16. The molecule has 0 atom stereocenters. The van der Waals surface area contributed by atoms with E-state index in [0.29, 0.717) is 0 Å². The van der Waals surface area contributed by atoms with Gasteiger partial charge in [-0.05, 0) is 24.7 Å². The molecule has 3 nitrogen and oxygen atoms in total. The third-order valence-electron chi connectivity index (χ3n) is 2.57. The summed E-state index contributed by atoms with van der Waals surface area (Å²) >= 11 is 1.82. The predicted octanol–water partition coefficient (Wildman–Crippen LogP) is 2.43. The van der Waals surface area contributed by atoms with E-state index in [4.69, 9.17) is 0 Å². The van der Waals surface area contributed by atoms with Crippen LogP contribution in [-0.4, -0.2) is 16.6 Å². The van der Waals surface area contributed by atoms with Crippen LogP contribution in [0.25, 0.3) is 0 Å². The van der Waals surface area contributed by atoms with E-state index in [1.807, 2.05) is 38.3 Å². The Morgan fingerprint density at radius 1 is 1.41 bits per heavy atom. The highest BCUT2D eigenvalue weighted by molar-refractivity contribution is 7.98. The number of benzene rings is 1. The number of aryl methyl sites for hydroxylation is 1. The first-order valence-electron chi connectivity index (χ1n) is 5.62. The van der Waals surface area contributed by atoms with Crippen LogP contribution in [0.3, 0.4) is 0 Å². The number of imidazole rings is 1. The fourth-order valence-electron chi connectivity index (χ4n) is 1.63. The highest BCUT2D eigenvalue weighted by atomic mass is 32.2. The number of nitrogens with zero attached hydrogens (tertiary/aromatic N) is 2. The number of hydrogen-bond donors (Lipinski definition) is 1. The van der Waals surface area contributed by atoms with Gasteiger partial charge in [-0.15, -0.1) is 11.8 Å². The average Bonchev–Trinajstić information content (AvgIpc) is 2.73. The minimum absolute atomic E-state index is 0.909. The third-order valence-corrected chi connectivity index (χ3v) is 3.56. The fraction of sp³-hybridized carbons (Fsp3) is 0.308. The van der Waals surface area contributed by atoms with Crippen LogP contribution in [0, 0.1) is 0 Å². The minimum Gasteiger partial charge on any atom is -0.337 e. The van der Waals surface area contributed by atoms with E-state index >= 15 is 0 Å². The Bertz CT molecular complexity index is 479. The molecule has 0 aliphatic carbocycles. The first-order chi connectivity index (χ1) is 8.29. The summed E-state index contributed by atoms with van der Waals surface area (Å²) in [6.07, 6.45) is 3.82. The van der Waals surface area contributed by atoms with Gasteiger partial charge < -0.3 is 9.88 Å². The maximum atomic E-state index is 4.32. The van der Waals surface area contributed by atoms with Crippen molar-refractivity contribution in [1.82, 2.24) is 14.9 Å². The molecule has 0 aliphatic heterocycles. The Labute approximate surface area is 106 Å². The molecule has 2 aromatic rings. The first-order valence-corrected chi connectivity index (χ1v) is 6.60. The van der Waals surface area contributed by atoms with Crippen molar-refractivity contribution in [1.29, 1.82) is 0 Å². The standard InChI is InChI=1S/C13H17N3S/c1-14-9-11-4-3-5-12(8-11)17-10-13-15-6-7-16(13)2/h3-8,14H,9-10H2,1-2H3. The monoisotopic (exact) mass is 247 g/mol. The number of nitrogens with one attached hydrogen (secondary N) is 1.